The first-order valence-corrected chi connectivity index (χ1v) is 27.6. The van der Waals surface area contributed by atoms with Crippen LogP contribution in [-0.2, 0) is 10.8 Å². The molecule has 0 N–H and O–H groups in total. The molecule has 0 spiro atoms. The largest absolute Gasteiger partial charge is 0.310 e. The maximum absolute atomic E-state index is 2.66. The molecule has 0 atom stereocenters. The zero-order valence-electron chi connectivity index (χ0n) is 45.0. The van der Waals surface area contributed by atoms with Crippen molar-refractivity contribution < 1.29 is 0 Å². The Morgan fingerprint density at radius 1 is 0.308 bits per heavy atom. The third kappa shape index (κ3) is 6.92. The first-order chi connectivity index (χ1) is 38.0. The minimum Gasteiger partial charge on any atom is -0.310 e. The summed E-state index contributed by atoms with van der Waals surface area (Å²) in [5.74, 6) is 0. The van der Waals surface area contributed by atoms with Crippen molar-refractivity contribution in [3.8, 4) is 44.5 Å². The van der Waals surface area contributed by atoms with Crippen LogP contribution in [0.4, 0.5) is 34.1 Å². The smallest absolute Gasteiger partial charge is 0.252 e. The van der Waals surface area contributed by atoms with Crippen LogP contribution >= 0.6 is 0 Å². The van der Waals surface area contributed by atoms with Gasteiger partial charge in [-0.3, -0.25) is 0 Å². The number of rotatable bonds is 6. The Hall–Kier alpha value is -9.12. The van der Waals surface area contributed by atoms with Crippen LogP contribution in [0.1, 0.15) is 52.7 Å². The maximum atomic E-state index is 2.66. The highest BCUT2D eigenvalue weighted by Crippen LogP contribution is 2.53. The van der Waals surface area contributed by atoms with Crippen molar-refractivity contribution in [2.45, 2.75) is 52.4 Å². The Morgan fingerprint density at radius 3 is 1.21 bits per heavy atom. The summed E-state index contributed by atoms with van der Waals surface area (Å²) in [5.41, 5.74) is 26.7. The molecule has 3 nitrogen and oxygen atoms in total. The molecule has 0 saturated carbocycles. The minimum atomic E-state index is -0.0966. The number of para-hydroxylation sites is 3. The van der Waals surface area contributed by atoms with Gasteiger partial charge in [-0.05, 0) is 109 Å². The van der Waals surface area contributed by atoms with Crippen LogP contribution in [0.2, 0.25) is 0 Å². The highest BCUT2D eigenvalue weighted by molar-refractivity contribution is 7.00. The van der Waals surface area contributed by atoms with Crippen LogP contribution in [0.15, 0.2) is 243 Å². The summed E-state index contributed by atoms with van der Waals surface area (Å²) in [5, 5.41) is 5.22. The lowest BCUT2D eigenvalue weighted by Crippen LogP contribution is -2.61. The second kappa shape index (κ2) is 17.2. The Kier molecular flexibility index (Phi) is 10.2. The zero-order chi connectivity index (χ0) is 52.6. The van der Waals surface area contributed by atoms with Crippen molar-refractivity contribution in [2.75, 3.05) is 9.80 Å². The quantitative estimate of drug-likeness (QED) is 0.154. The molecule has 4 heteroatoms. The SMILES string of the molecule is CC(C)(C)c1ccc2c(c1)c1cc(C(C)(C)C)cc3c4cc5c(cc4n2c13)N(c1c(-c2ccccc2)cccc1-c1ccccc1)c1cccc2c1B5c1ccccc1N2c1c(-c2ccccc2)cccc1-c1ccccc1. The van der Waals surface area contributed by atoms with E-state index in [-0.39, 0.29) is 17.5 Å². The van der Waals surface area contributed by atoms with E-state index < -0.39 is 0 Å². The summed E-state index contributed by atoms with van der Waals surface area (Å²) in [6.45, 7) is 14.0. The van der Waals surface area contributed by atoms with E-state index in [0.29, 0.717) is 0 Å². The average Bonchev–Trinajstić information content (AvgIpc) is 3.03. The van der Waals surface area contributed by atoms with E-state index in [1.807, 2.05) is 0 Å². The van der Waals surface area contributed by atoms with Crippen LogP contribution in [0.25, 0.3) is 82.6 Å². The summed E-state index contributed by atoms with van der Waals surface area (Å²) in [6.07, 6.45) is 0. The molecule has 0 fully saturated rings. The lowest BCUT2D eigenvalue weighted by molar-refractivity contribution is 0.590. The van der Waals surface area contributed by atoms with Crippen molar-refractivity contribution in [2.24, 2.45) is 0 Å². The molecule has 0 aliphatic carbocycles. The zero-order valence-corrected chi connectivity index (χ0v) is 45.0. The second-order valence-corrected chi connectivity index (χ2v) is 23.7. The number of aromatic nitrogens is 1. The first kappa shape index (κ1) is 46.2. The van der Waals surface area contributed by atoms with Gasteiger partial charge >= 0.3 is 0 Å². The number of anilines is 6. The van der Waals surface area contributed by atoms with E-state index in [2.05, 4.69) is 298 Å². The molecule has 0 unspecified atom stereocenters. The van der Waals surface area contributed by atoms with Gasteiger partial charge in [0.1, 0.15) is 0 Å². The van der Waals surface area contributed by atoms with Crippen LogP contribution in [0.5, 0.6) is 0 Å². The van der Waals surface area contributed by atoms with Crippen LogP contribution in [0, 0.1) is 0 Å². The molecule has 2 aromatic heterocycles. The lowest BCUT2D eigenvalue weighted by atomic mass is 9.33. The fourth-order valence-electron chi connectivity index (χ4n) is 13.3. The van der Waals surface area contributed by atoms with Gasteiger partial charge in [0.15, 0.2) is 0 Å². The molecule has 0 saturated heterocycles. The van der Waals surface area contributed by atoms with Crippen molar-refractivity contribution in [1.29, 1.82) is 0 Å². The van der Waals surface area contributed by atoms with E-state index in [1.165, 1.54) is 133 Å². The molecule has 78 heavy (non-hydrogen) atoms. The van der Waals surface area contributed by atoms with Crippen molar-refractivity contribution in [1.82, 2.24) is 4.40 Å². The third-order valence-electron chi connectivity index (χ3n) is 17.0. The van der Waals surface area contributed by atoms with Crippen molar-refractivity contribution in [3.63, 3.8) is 0 Å². The van der Waals surface area contributed by atoms with Crippen LogP contribution in [0.3, 0.4) is 0 Å². The molecule has 0 bridgehead atoms. The van der Waals surface area contributed by atoms with Gasteiger partial charge in [-0.1, -0.05) is 236 Å². The standard InChI is InChI=1S/C74H58BN3/c1-73(2,3)51-40-41-63-57(42-51)59-43-52(74(4,5)6)44-60-58-45-62-68(46-67(58)76(63)72(59)60)78(71-55(49-28-15-9-16-29-49)34-22-35-56(71)50-30-17-10-18-31-50)66-39-23-38-65-69(66)75(62)61-36-19-20-37-64(61)77(65)70-53(47-24-11-7-12-25-47)32-21-33-54(70)48-26-13-8-14-27-48/h7-46H,1-6H3. The van der Waals surface area contributed by atoms with Gasteiger partial charge in [0.2, 0.25) is 0 Å². The molecule has 0 amide bonds. The number of hydrogen-bond acceptors (Lipinski definition) is 2. The molecule has 15 rings (SSSR count). The predicted molar refractivity (Wildman–Crippen MR) is 334 cm³/mol. The Balaban J connectivity index is 1.11. The van der Waals surface area contributed by atoms with Crippen molar-refractivity contribution in [3.05, 3.63) is 254 Å². The van der Waals surface area contributed by atoms with Crippen molar-refractivity contribution >= 4 is 95.3 Å². The van der Waals surface area contributed by atoms with E-state index in [1.54, 1.807) is 0 Å². The van der Waals surface area contributed by atoms with Gasteiger partial charge in [0.05, 0.1) is 27.9 Å². The highest BCUT2D eigenvalue weighted by Gasteiger charge is 2.45. The van der Waals surface area contributed by atoms with Gasteiger partial charge in [-0.2, -0.15) is 0 Å². The highest BCUT2D eigenvalue weighted by atomic mass is 15.2. The Morgan fingerprint density at radius 2 is 0.718 bits per heavy atom. The van der Waals surface area contributed by atoms with E-state index in [9.17, 15) is 0 Å². The fourth-order valence-corrected chi connectivity index (χ4v) is 13.3. The fraction of sp³-hybridized carbons (Fsp3) is 0.108. The number of hydrogen-bond donors (Lipinski definition) is 0. The monoisotopic (exact) mass is 999 g/mol. The molecular weight excluding hydrogens is 942 g/mol. The number of fused-ring (bicyclic) bond motifs is 10. The average molecular weight is 1000 g/mol. The Bertz CT molecular complexity index is 4390. The number of benzene rings is 11. The van der Waals surface area contributed by atoms with Crippen LogP contribution in [-0.4, -0.2) is 11.1 Å². The second-order valence-electron chi connectivity index (χ2n) is 23.7. The molecule has 0 radical (unpaired) electrons. The van der Waals surface area contributed by atoms with Gasteiger partial charge in [0.25, 0.3) is 6.71 Å². The Labute approximate surface area is 457 Å². The van der Waals surface area contributed by atoms with E-state index in [0.717, 1.165) is 11.4 Å². The van der Waals surface area contributed by atoms with Gasteiger partial charge < -0.3 is 14.2 Å². The van der Waals surface area contributed by atoms with E-state index in [4.69, 9.17) is 0 Å². The van der Waals surface area contributed by atoms with Gasteiger partial charge in [-0.15, -0.1) is 0 Å². The summed E-state index contributed by atoms with van der Waals surface area (Å²) in [6, 6.07) is 91.4. The van der Waals surface area contributed by atoms with Gasteiger partial charge in [0, 0.05) is 66.5 Å². The third-order valence-corrected chi connectivity index (χ3v) is 17.0. The van der Waals surface area contributed by atoms with Gasteiger partial charge in [-0.25, -0.2) is 0 Å². The predicted octanol–water partition coefficient (Wildman–Crippen LogP) is 18.2. The lowest BCUT2D eigenvalue weighted by Gasteiger charge is -2.45. The molecule has 4 heterocycles. The molecule has 372 valence electrons. The summed E-state index contributed by atoms with van der Waals surface area (Å²) in [4.78, 5) is 5.26. The summed E-state index contributed by atoms with van der Waals surface area (Å²) in [7, 11) is 0. The maximum Gasteiger partial charge on any atom is 0.252 e. The van der Waals surface area contributed by atoms with Crippen LogP contribution < -0.4 is 26.2 Å². The topological polar surface area (TPSA) is 10.9 Å². The number of nitrogens with zero attached hydrogens (tertiary/aromatic N) is 3. The summed E-state index contributed by atoms with van der Waals surface area (Å²) < 4.78 is 2.60. The molecular formula is C74H58BN3. The van der Waals surface area contributed by atoms with E-state index >= 15 is 0 Å². The summed E-state index contributed by atoms with van der Waals surface area (Å²) >= 11 is 0. The molecule has 2 aliphatic rings. The minimum absolute atomic E-state index is 0.00212. The molecule has 2 aliphatic heterocycles. The normalized spacial score (nSPS) is 13.2. The molecule has 11 aromatic carbocycles. The molecule has 13 aromatic rings. The first-order valence-electron chi connectivity index (χ1n) is 27.6.